The number of halogens is 4. The van der Waals surface area contributed by atoms with Crippen molar-refractivity contribution >= 4 is 36.8 Å². The number of benzene rings is 2. The van der Waals surface area contributed by atoms with Gasteiger partial charge in [0.05, 0.1) is 48.7 Å². The molecule has 0 fully saturated rings. The molecule has 14 heteroatoms. The Morgan fingerprint density at radius 1 is 0.590 bits per heavy atom. The molecule has 0 radical (unpaired) electrons. The predicted molar refractivity (Wildman–Crippen MR) is 132 cm³/mol. The maximum Gasteiger partial charge on any atom is 0.673 e. The number of ether oxygens (including phenoxy) is 4. The summed E-state index contributed by atoms with van der Waals surface area (Å²) in [4.78, 5) is 49.1. The summed E-state index contributed by atoms with van der Waals surface area (Å²) in [6.45, 7) is 7.85. The summed E-state index contributed by atoms with van der Waals surface area (Å²) >= 11 is 0. The topological polar surface area (TPSA) is 122 Å². The lowest BCUT2D eigenvalue weighted by Crippen LogP contribution is -2.76. The lowest BCUT2D eigenvalue weighted by atomic mass is 10.0. The van der Waals surface area contributed by atoms with Crippen molar-refractivity contribution < 1.29 is 60.7 Å². The van der Waals surface area contributed by atoms with Crippen LogP contribution in [0, 0.1) is 0 Å². The number of carbonyl (C=O) groups is 4. The van der Waals surface area contributed by atoms with E-state index in [1.807, 2.05) is 0 Å². The first-order valence-electron chi connectivity index (χ1n) is 12.0. The van der Waals surface area contributed by atoms with Crippen molar-refractivity contribution in [1.29, 1.82) is 0 Å². The summed E-state index contributed by atoms with van der Waals surface area (Å²) < 4.78 is 59.3. The van der Waals surface area contributed by atoms with Crippen LogP contribution in [0.5, 0.6) is 0 Å². The number of rotatable bonds is 11. The van der Waals surface area contributed by atoms with E-state index in [1.54, 1.807) is 57.3 Å². The Morgan fingerprint density at radius 3 is 1.15 bits per heavy atom. The highest BCUT2D eigenvalue weighted by Crippen LogP contribution is 2.16. The molecule has 9 nitrogen and oxygen atoms in total. The number of nitrogens with two attached hydrogens (primary N) is 1. The second-order valence-corrected chi connectivity index (χ2v) is 7.55. The van der Waals surface area contributed by atoms with Gasteiger partial charge in [-0.1, -0.05) is 0 Å². The standard InChI is InChI=1S/C25H29NO8.BF4/c1-5-31-22(27)17-9-16(10-18(11-17)23(28)32-6-2)15-26-21-13-19(24(29)33-7-3)12-20(14-21)25(30)34-8-4;2-1(3,4)5/h9-14,26H,5-8,15H2,1-4H3;/q;-1/p+1. The predicted octanol–water partition coefficient (Wildman–Crippen LogP) is 4.09. The Morgan fingerprint density at radius 2 is 0.872 bits per heavy atom. The molecule has 0 saturated heterocycles. The van der Waals surface area contributed by atoms with Crippen molar-refractivity contribution in [3.8, 4) is 0 Å². The van der Waals surface area contributed by atoms with Gasteiger partial charge in [-0.3, -0.25) is 0 Å². The van der Waals surface area contributed by atoms with E-state index in [4.69, 9.17) is 18.9 Å². The zero-order valence-electron chi connectivity index (χ0n) is 21.9. The van der Waals surface area contributed by atoms with Gasteiger partial charge in [0.15, 0.2) is 0 Å². The van der Waals surface area contributed by atoms with Gasteiger partial charge in [0.25, 0.3) is 0 Å². The second-order valence-electron chi connectivity index (χ2n) is 7.55. The highest BCUT2D eigenvalue weighted by atomic mass is 19.5. The van der Waals surface area contributed by atoms with Crippen LogP contribution in [0.3, 0.4) is 0 Å². The van der Waals surface area contributed by atoms with E-state index in [0.717, 1.165) is 0 Å². The lowest BCUT2D eigenvalue weighted by Gasteiger charge is -2.10. The first-order valence-corrected chi connectivity index (χ1v) is 12.0. The molecule has 0 aliphatic heterocycles. The smallest absolute Gasteiger partial charge is 0.462 e. The molecule has 0 amide bonds. The molecule has 2 aromatic carbocycles. The van der Waals surface area contributed by atoms with Gasteiger partial charge in [0.2, 0.25) is 0 Å². The SMILES string of the molecule is CCOC(=O)c1cc(C[NH2+]c2cc(C(=O)OCC)cc(C(=O)OCC)c2)cc(C(=O)OCC)c1.F[B-](F)(F)F. The van der Waals surface area contributed by atoms with Crippen LogP contribution in [0.4, 0.5) is 23.0 Å². The fourth-order valence-corrected chi connectivity index (χ4v) is 3.14. The minimum atomic E-state index is -6.00. The van der Waals surface area contributed by atoms with Crippen molar-refractivity contribution in [1.82, 2.24) is 0 Å². The molecule has 2 rings (SSSR count). The van der Waals surface area contributed by atoms with Crippen molar-refractivity contribution in [2.45, 2.75) is 34.2 Å². The summed E-state index contributed by atoms with van der Waals surface area (Å²) in [5, 5.41) is 1.77. The van der Waals surface area contributed by atoms with E-state index in [1.165, 1.54) is 12.1 Å². The van der Waals surface area contributed by atoms with Crippen molar-refractivity contribution in [3.63, 3.8) is 0 Å². The normalized spacial score (nSPS) is 10.6. The molecule has 2 N–H and O–H groups in total. The van der Waals surface area contributed by atoms with E-state index >= 15 is 0 Å². The fraction of sp³-hybridized carbons (Fsp3) is 0.360. The van der Waals surface area contributed by atoms with Crippen LogP contribution in [0.2, 0.25) is 0 Å². The van der Waals surface area contributed by atoms with E-state index in [0.29, 0.717) is 17.8 Å². The Kier molecular flexibility index (Phi) is 13.7. The average molecular weight is 559 g/mol. The lowest BCUT2D eigenvalue weighted by molar-refractivity contribution is -0.588. The number of quaternary nitrogens is 1. The third kappa shape index (κ3) is 12.4. The minimum absolute atomic E-state index is 0.193. The molecular formula is C25H30BF4NO8. The maximum absolute atomic E-state index is 12.3. The van der Waals surface area contributed by atoms with Gasteiger partial charge in [0, 0.05) is 17.7 Å². The van der Waals surface area contributed by atoms with Crippen LogP contribution in [0.1, 0.15) is 74.7 Å². The van der Waals surface area contributed by atoms with Crippen LogP contribution in [0.25, 0.3) is 0 Å². The monoisotopic (exact) mass is 559 g/mol. The van der Waals surface area contributed by atoms with Crippen molar-refractivity contribution in [3.05, 3.63) is 64.2 Å². The van der Waals surface area contributed by atoms with Gasteiger partial charge >= 0.3 is 31.1 Å². The number of esters is 4. The third-order valence-corrected chi connectivity index (χ3v) is 4.57. The number of hydrogen-bond acceptors (Lipinski definition) is 8. The molecule has 0 spiro atoms. The minimum Gasteiger partial charge on any atom is -0.462 e. The molecule has 0 heterocycles. The quantitative estimate of drug-likeness (QED) is 0.144. The molecule has 0 aliphatic carbocycles. The van der Waals surface area contributed by atoms with E-state index in [-0.39, 0.29) is 48.7 Å². The van der Waals surface area contributed by atoms with Gasteiger partial charge in [-0.2, -0.15) is 0 Å². The van der Waals surface area contributed by atoms with Crippen LogP contribution in [0.15, 0.2) is 36.4 Å². The third-order valence-electron chi connectivity index (χ3n) is 4.57. The van der Waals surface area contributed by atoms with E-state index < -0.39 is 31.1 Å². The Labute approximate surface area is 222 Å². The fourth-order valence-electron chi connectivity index (χ4n) is 3.14. The Bertz CT molecular complexity index is 995. The summed E-state index contributed by atoms with van der Waals surface area (Å²) in [5.41, 5.74) is 2.10. The molecular weight excluding hydrogens is 529 g/mol. The van der Waals surface area contributed by atoms with Crippen LogP contribution in [-0.2, 0) is 25.5 Å². The highest BCUT2D eigenvalue weighted by Gasteiger charge is 2.21. The van der Waals surface area contributed by atoms with Crippen molar-refractivity contribution in [2.75, 3.05) is 26.4 Å². The molecule has 0 atom stereocenters. The molecule has 0 bridgehead atoms. The van der Waals surface area contributed by atoms with Crippen LogP contribution >= 0.6 is 0 Å². The van der Waals surface area contributed by atoms with Gasteiger partial charge in [-0.25, -0.2) is 19.2 Å². The summed E-state index contributed by atoms with van der Waals surface area (Å²) in [7, 11) is -6.00. The molecule has 39 heavy (non-hydrogen) atoms. The molecule has 2 aromatic rings. The zero-order chi connectivity index (χ0) is 29.6. The van der Waals surface area contributed by atoms with E-state index in [9.17, 15) is 36.4 Å². The van der Waals surface area contributed by atoms with Gasteiger partial charge < -0.3 is 41.5 Å². The second kappa shape index (κ2) is 16.1. The number of carbonyl (C=O) groups excluding carboxylic acids is 4. The molecule has 0 aliphatic rings. The summed E-state index contributed by atoms with van der Waals surface area (Å²) in [6.07, 6.45) is 0. The molecule has 0 saturated carbocycles. The van der Waals surface area contributed by atoms with Crippen LogP contribution in [-0.4, -0.2) is 57.6 Å². The summed E-state index contributed by atoms with van der Waals surface area (Å²) in [5.74, 6) is -2.22. The summed E-state index contributed by atoms with van der Waals surface area (Å²) in [6, 6.07) is 9.30. The first kappa shape index (κ1) is 33.1. The maximum atomic E-state index is 12.3. The molecule has 0 unspecified atom stereocenters. The van der Waals surface area contributed by atoms with Gasteiger partial charge in [0.1, 0.15) is 12.2 Å². The molecule has 214 valence electrons. The zero-order valence-corrected chi connectivity index (χ0v) is 21.9. The van der Waals surface area contributed by atoms with Gasteiger partial charge in [-0.15, -0.1) is 0 Å². The van der Waals surface area contributed by atoms with Crippen LogP contribution < -0.4 is 5.32 Å². The Hall–Kier alpha value is -3.94. The Balaban J connectivity index is 0.00000139. The highest BCUT2D eigenvalue weighted by molar-refractivity contribution is 6.50. The number of hydrogen-bond donors (Lipinski definition) is 1. The van der Waals surface area contributed by atoms with E-state index in [2.05, 4.69) is 0 Å². The average Bonchev–Trinajstić information content (AvgIpc) is 2.86. The van der Waals surface area contributed by atoms with Gasteiger partial charge in [-0.05, 0) is 52.0 Å². The van der Waals surface area contributed by atoms with Crippen molar-refractivity contribution in [2.24, 2.45) is 0 Å². The first-order chi connectivity index (χ1) is 18.3. The largest absolute Gasteiger partial charge is 0.673 e. The molecule has 0 aromatic heterocycles.